The molecule has 0 bridgehead atoms. The Kier molecular flexibility index (Phi) is 6.81. The standard InChI is InChI=1S/C20H30N6O/c1-4-15-5-7-16(8-6-15)11-12-22-20(21-2)23-17-9-10-19-24-18(14-27-3)25-26(19)13-17/h5-8,17H,4,9-14H2,1-3H3,(H2,21,22,23). The molecule has 0 spiro atoms. The molecule has 2 aromatic rings. The summed E-state index contributed by atoms with van der Waals surface area (Å²) in [6, 6.07) is 9.13. The van der Waals surface area contributed by atoms with Crippen LogP contribution in [0.5, 0.6) is 0 Å². The summed E-state index contributed by atoms with van der Waals surface area (Å²) in [4.78, 5) is 8.88. The number of hydrogen-bond donors (Lipinski definition) is 2. The van der Waals surface area contributed by atoms with Gasteiger partial charge in [-0.05, 0) is 30.4 Å². The number of aromatic nitrogens is 3. The summed E-state index contributed by atoms with van der Waals surface area (Å²) < 4.78 is 7.11. The van der Waals surface area contributed by atoms with E-state index in [1.807, 2.05) is 11.7 Å². The second-order valence-electron chi connectivity index (χ2n) is 6.86. The predicted molar refractivity (Wildman–Crippen MR) is 107 cm³/mol. The van der Waals surface area contributed by atoms with E-state index < -0.39 is 0 Å². The summed E-state index contributed by atoms with van der Waals surface area (Å²) >= 11 is 0. The molecule has 0 aliphatic carbocycles. The van der Waals surface area contributed by atoms with Crippen LogP contribution >= 0.6 is 0 Å². The van der Waals surface area contributed by atoms with Crippen molar-refractivity contribution in [3.05, 3.63) is 47.0 Å². The van der Waals surface area contributed by atoms with E-state index in [2.05, 4.69) is 56.9 Å². The summed E-state index contributed by atoms with van der Waals surface area (Å²) in [5.74, 6) is 2.63. The van der Waals surface area contributed by atoms with Crippen LogP contribution in [0.15, 0.2) is 29.3 Å². The van der Waals surface area contributed by atoms with Crippen LogP contribution in [0.1, 0.15) is 36.1 Å². The van der Waals surface area contributed by atoms with Gasteiger partial charge >= 0.3 is 0 Å². The maximum absolute atomic E-state index is 5.12. The van der Waals surface area contributed by atoms with Gasteiger partial charge in [0.2, 0.25) is 0 Å². The van der Waals surface area contributed by atoms with Crippen LogP contribution in [0.3, 0.4) is 0 Å². The van der Waals surface area contributed by atoms with Crippen LogP contribution in [0.25, 0.3) is 0 Å². The zero-order valence-electron chi connectivity index (χ0n) is 16.5. The fraction of sp³-hybridized carbons (Fsp3) is 0.550. The molecule has 1 atom stereocenters. The fourth-order valence-corrected chi connectivity index (χ4v) is 3.32. The number of nitrogens with one attached hydrogen (secondary N) is 2. The van der Waals surface area contributed by atoms with Gasteiger partial charge in [-0.2, -0.15) is 5.10 Å². The monoisotopic (exact) mass is 370 g/mol. The lowest BCUT2D eigenvalue weighted by Crippen LogP contribution is -2.47. The number of aliphatic imine (C=N–C) groups is 1. The Labute approximate surface area is 161 Å². The molecule has 1 aliphatic rings. The minimum absolute atomic E-state index is 0.296. The molecule has 0 fully saturated rings. The third-order valence-electron chi connectivity index (χ3n) is 4.88. The molecule has 2 N–H and O–H groups in total. The van der Waals surface area contributed by atoms with Crippen LogP contribution in [-0.4, -0.2) is 47.5 Å². The first kappa shape index (κ1) is 19.4. The van der Waals surface area contributed by atoms with E-state index in [-0.39, 0.29) is 0 Å². The van der Waals surface area contributed by atoms with Crippen LogP contribution < -0.4 is 10.6 Å². The zero-order chi connectivity index (χ0) is 19.1. The highest BCUT2D eigenvalue weighted by Crippen LogP contribution is 2.13. The average Bonchev–Trinajstić information content (AvgIpc) is 3.09. The molecule has 1 aromatic carbocycles. The molecule has 1 aliphatic heterocycles. The number of nitrogens with zero attached hydrogens (tertiary/aromatic N) is 4. The molecule has 0 saturated carbocycles. The highest BCUT2D eigenvalue weighted by Gasteiger charge is 2.22. The molecule has 1 unspecified atom stereocenters. The molecule has 146 valence electrons. The summed E-state index contributed by atoms with van der Waals surface area (Å²) in [5, 5.41) is 11.4. The first-order valence-electron chi connectivity index (χ1n) is 9.68. The molecule has 0 saturated heterocycles. The third-order valence-corrected chi connectivity index (χ3v) is 4.88. The van der Waals surface area contributed by atoms with E-state index in [0.717, 1.165) is 56.4 Å². The number of methoxy groups -OCH3 is 1. The average molecular weight is 371 g/mol. The van der Waals surface area contributed by atoms with Crippen molar-refractivity contribution >= 4 is 5.96 Å². The lowest BCUT2D eigenvalue weighted by molar-refractivity contribution is 0.177. The highest BCUT2D eigenvalue weighted by atomic mass is 16.5. The van der Waals surface area contributed by atoms with Crippen LogP contribution in [0.2, 0.25) is 0 Å². The van der Waals surface area contributed by atoms with Crippen molar-refractivity contribution in [1.29, 1.82) is 0 Å². The molecule has 1 aromatic heterocycles. The number of aryl methyl sites for hydroxylation is 2. The Bertz CT molecular complexity index is 752. The highest BCUT2D eigenvalue weighted by molar-refractivity contribution is 5.79. The van der Waals surface area contributed by atoms with Crippen molar-refractivity contribution in [3.8, 4) is 0 Å². The SMILES string of the molecule is CCc1ccc(CCNC(=NC)NC2CCc3nc(COC)nn3C2)cc1. The Morgan fingerprint density at radius 3 is 2.78 bits per heavy atom. The Hall–Kier alpha value is -2.41. The number of guanidine groups is 1. The predicted octanol–water partition coefficient (Wildman–Crippen LogP) is 1.71. The maximum Gasteiger partial charge on any atom is 0.191 e. The molecule has 2 heterocycles. The molecule has 7 heteroatoms. The van der Waals surface area contributed by atoms with Gasteiger partial charge in [-0.25, -0.2) is 9.67 Å². The van der Waals surface area contributed by atoms with Crippen LogP contribution in [-0.2, 0) is 37.2 Å². The van der Waals surface area contributed by atoms with Gasteiger partial charge in [-0.3, -0.25) is 4.99 Å². The molecular weight excluding hydrogens is 340 g/mol. The molecule has 0 radical (unpaired) electrons. The Balaban J connectivity index is 1.47. The van der Waals surface area contributed by atoms with Crippen molar-refractivity contribution in [2.75, 3.05) is 20.7 Å². The lowest BCUT2D eigenvalue weighted by atomic mass is 10.1. The second kappa shape index (κ2) is 9.50. The van der Waals surface area contributed by atoms with Gasteiger partial charge in [0.1, 0.15) is 12.4 Å². The van der Waals surface area contributed by atoms with Gasteiger partial charge in [-0.1, -0.05) is 31.2 Å². The van der Waals surface area contributed by atoms with Crippen molar-refractivity contribution in [2.45, 2.75) is 51.8 Å². The van der Waals surface area contributed by atoms with Crippen molar-refractivity contribution < 1.29 is 4.74 Å². The maximum atomic E-state index is 5.12. The minimum atomic E-state index is 0.296. The number of benzene rings is 1. The van der Waals surface area contributed by atoms with E-state index in [1.165, 1.54) is 11.1 Å². The van der Waals surface area contributed by atoms with Gasteiger partial charge in [0.15, 0.2) is 11.8 Å². The Morgan fingerprint density at radius 2 is 2.07 bits per heavy atom. The topological polar surface area (TPSA) is 76.4 Å². The summed E-state index contributed by atoms with van der Waals surface area (Å²) in [6.07, 6.45) is 3.99. The number of hydrogen-bond acceptors (Lipinski definition) is 4. The fourth-order valence-electron chi connectivity index (χ4n) is 3.32. The van der Waals surface area contributed by atoms with Gasteiger partial charge in [0, 0.05) is 33.2 Å². The summed E-state index contributed by atoms with van der Waals surface area (Å²) in [6.45, 7) is 4.29. The summed E-state index contributed by atoms with van der Waals surface area (Å²) in [5.41, 5.74) is 2.72. The largest absolute Gasteiger partial charge is 0.377 e. The molecule has 27 heavy (non-hydrogen) atoms. The van der Waals surface area contributed by atoms with Gasteiger partial charge in [0.05, 0.1) is 6.54 Å². The van der Waals surface area contributed by atoms with E-state index in [0.29, 0.717) is 12.6 Å². The van der Waals surface area contributed by atoms with Crippen molar-refractivity contribution in [3.63, 3.8) is 0 Å². The van der Waals surface area contributed by atoms with Crippen LogP contribution in [0, 0.1) is 0 Å². The van der Waals surface area contributed by atoms with E-state index in [4.69, 9.17) is 4.74 Å². The van der Waals surface area contributed by atoms with Crippen molar-refractivity contribution in [1.82, 2.24) is 25.4 Å². The van der Waals surface area contributed by atoms with Gasteiger partial charge in [-0.15, -0.1) is 0 Å². The molecule has 7 nitrogen and oxygen atoms in total. The minimum Gasteiger partial charge on any atom is -0.377 e. The van der Waals surface area contributed by atoms with E-state index in [9.17, 15) is 0 Å². The first-order chi connectivity index (χ1) is 13.2. The van der Waals surface area contributed by atoms with Gasteiger partial charge in [0.25, 0.3) is 0 Å². The second-order valence-corrected chi connectivity index (χ2v) is 6.86. The van der Waals surface area contributed by atoms with E-state index in [1.54, 1.807) is 7.11 Å². The number of rotatable bonds is 7. The van der Waals surface area contributed by atoms with Crippen molar-refractivity contribution in [2.24, 2.45) is 4.99 Å². The normalized spacial score (nSPS) is 16.9. The molecule has 0 amide bonds. The zero-order valence-corrected chi connectivity index (χ0v) is 16.5. The smallest absolute Gasteiger partial charge is 0.191 e. The number of fused-ring (bicyclic) bond motifs is 1. The lowest BCUT2D eigenvalue weighted by Gasteiger charge is -2.25. The first-order valence-corrected chi connectivity index (χ1v) is 9.68. The molecular formula is C20H30N6O. The summed E-state index contributed by atoms with van der Waals surface area (Å²) in [7, 11) is 3.48. The van der Waals surface area contributed by atoms with Crippen LogP contribution in [0.4, 0.5) is 0 Å². The quantitative estimate of drug-likeness (QED) is 0.573. The van der Waals surface area contributed by atoms with Gasteiger partial charge < -0.3 is 15.4 Å². The number of ether oxygens (including phenoxy) is 1. The van der Waals surface area contributed by atoms with E-state index >= 15 is 0 Å². The third kappa shape index (κ3) is 5.29. The molecule has 3 rings (SSSR count). The Morgan fingerprint density at radius 1 is 1.30 bits per heavy atom.